The topological polar surface area (TPSA) is 79.0 Å². The van der Waals surface area contributed by atoms with Gasteiger partial charge in [-0.1, -0.05) is 19.1 Å². The molecule has 0 aromatic heterocycles. The molecule has 1 aromatic carbocycles. The van der Waals surface area contributed by atoms with Crippen LogP contribution in [0.15, 0.2) is 34.2 Å². The number of piperidine rings is 1. The molecule has 0 aliphatic carbocycles. The van der Waals surface area contributed by atoms with Crippen molar-refractivity contribution in [2.75, 3.05) is 27.2 Å². The molecule has 1 heterocycles. The molecule has 0 amide bonds. The molecule has 7 heteroatoms. The van der Waals surface area contributed by atoms with Gasteiger partial charge in [0.05, 0.1) is 11.4 Å². The zero-order chi connectivity index (χ0) is 17.0. The minimum absolute atomic E-state index is 0.285. The Labute approximate surface area is 139 Å². The third kappa shape index (κ3) is 4.45. The van der Waals surface area contributed by atoms with E-state index in [9.17, 15) is 8.42 Å². The van der Waals surface area contributed by atoms with E-state index < -0.39 is 10.0 Å². The van der Waals surface area contributed by atoms with Gasteiger partial charge in [-0.3, -0.25) is 0 Å². The molecule has 23 heavy (non-hydrogen) atoms. The summed E-state index contributed by atoms with van der Waals surface area (Å²) >= 11 is 0. The van der Waals surface area contributed by atoms with Crippen LogP contribution < -0.4 is 5.73 Å². The molecule has 1 fully saturated rings. The zero-order valence-electron chi connectivity index (χ0n) is 14.1. The van der Waals surface area contributed by atoms with Gasteiger partial charge in [0.25, 0.3) is 0 Å². The van der Waals surface area contributed by atoms with Crippen LogP contribution in [0.25, 0.3) is 0 Å². The van der Waals surface area contributed by atoms with E-state index in [1.54, 1.807) is 24.3 Å². The number of sulfonamides is 1. The van der Waals surface area contributed by atoms with E-state index in [1.165, 1.54) is 18.4 Å². The first kappa shape index (κ1) is 17.7. The average molecular weight is 338 g/mol. The summed E-state index contributed by atoms with van der Waals surface area (Å²) in [7, 11) is -0.340. The fraction of sp³-hybridized carbons (Fsp3) is 0.562. The minimum Gasteiger partial charge on any atom is -0.370 e. The summed E-state index contributed by atoms with van der Waals surface area (Å²) in [6.45, 7) is 4.63. The molecular weight excluding hydrogens is 312 g/mol. The molecule has 0 radical (unpaired) electrons. The minimum atomic E-state index is -3.38. The van der Waals surface area contributed by atoms with Gasteiger partial charge in [-0.2, -0.15) is 0 Å². The molecule has 2 N–H and O–H groups in total. The quantitative estimate of drug-likeness (QED) is 0.666. The molecule has 0 spiro atoms. The highest BCUT2D eigenvalue weighted by atomic mass is 32.2. The van der Waals surface area contributed by atoms with Crippen molar-refractivity contribution in [2.24, 2.45) is 16.6 Å². The molecule has 128 valence electrons. The van der Waals surface area contributed by atoms with Crippen LogP contribution in [0.5, 0.6) is 0 Å². The highest BCUT2D eigenvalue weighted by Crippen LogP contribution is 2.16. The van der Waals surface area contributed by atoms with Crippen molar-refractivity contribution in [1.82, 2.24) is 9.21 Å². The number of guanidine groups is 1. The lowest BCUT2D eigenvalue weighted by atomic mass is 10.00. The van der Waals surface area contributed by atoms with Crippen LogP contribution in [-0.4, -0.2) is 50.8 Å². The zero-order valence-corrected chi connectivity index (χ0v) is 14.9. The van der Waals surface area contributed by atoms with Gasteiger partial charge in [-0.25, -0.2) is 17.7 Å². The van der Waals surface area contributed by atoms with E-state index in [1.807, 2.05) is 0 Å². The predicted molar refractivity (Wildman–Crippen MR) is 92.6 cm³/mol. The van der Waals surface area contributed by atoms with Crippen LogP contribution in [0.4, 0.5) is 0 Å². The third-order valence-electron chi connectivity index (χ3n) is 4.23. The normalized spacial score (nSPS) is 17.7. The first-order valence-corrected chi connectivity index (χ1v) is 9.31. The fourth-order valence-corrected chi connectivity index (χ4v) is 3.39. The molecule has 6 nitrogen and oxygen atoms in total. The lowest BCUT2D eigenvalue weighted by Crippen LogP contribution is -2.42. The molecule has 0 unspecified atom stereocenters. The van der Waals surface area contributed by atoms with E-state index >= 15 is 0 Å². The Balaban J connectivity index is 2.00. The Morgan fingerprint density at radius 2 is 1.83 bits per heavy atom. The molecule has 0 saturated carbocycles. The van der Waals surface area contributed by atoms with Gasteiger partial charge >= 0.3 is 0 Å². The average Bonchev–Trinajstić information content (AvgIpc) is 2.53. The highest BCUT2D eigenvalue weighted by Gasteiger charge is 2.18. The van der Waals surface area contributed by atoms with E-state index in [-0.39, 0.29) is 4.90 Å². The van der Waals surface area contributed by atoms with Gasteiger partial charge in [-0.15, -0.1) is 0 Å². The van der Waals surface area contributed by atoms with Crippen LogP contribution in [-0.2, 0) is 16.6 Å². The lowest BCUT2D eigenvalue weighted by molar-refractivity contribution is 0.277. The Kier molecular flexibility index (Phi) is 5.64. The van der Waals surface area contributed by atoms with Crippen LogP contribution in [0, 0.1) is 5.92 Å². The van der Waals surface area contributed by atoms with Gasteiger partial charge in [-0.05, 0) is 36.5 Å². The van der Waals surface area contributed by atoms with Gasteiger partial charge in [0.2, 0.25) is 10.0 Å². The first-order valence-electron chi connectivity index (χ1n) is 7.87. The monoisotopic (exact) mass is 338 g/mol. The molecule has 1 aliphatic heterocycles. The first-order chi connectivity index (χ1) is 10.8. The number of rotatable bonds is 4. The van der Waals surface area contributed by atoms with Gasteiger partial charge < -0.3 is 10.6 Å². The number of nitrogens with two attached hydrogens (primary N) is 1. The number of likely N-dealkylation sites (tertiary alicyclic amines) is 1. The summed E-state index contributed by atoms with van der Waals surface area (Å²) in [5.74, 6) is 1.33. The Bertz CT molecular complexity index is 645. The second-order valence-corrected chi connectivity index (χ2v) is 8.43. The molecule has 0 bridgehead atoms. The lowest BCUT2D eigenvalue weighted by Gasteiger charge is -2.31. The van der Waals surface area contributed by atoms with Crippen molar-refractivity contribution in [3.63, 3.8) is 0 Å². The number of hydrogen-bond donors (Lipinski definition) is 1. The maximum absolute atomic E-state index is 12.0. The predicted octanol–water partition coefficient (Wildman–Crippen LogP) is 1.48. The summed E-state index contributed by atoms with van der Waals surface area (Å²) in [5, 5.41) is 0. The summed E-state index contributed by atoms with van der Waals surface area (Å²) in [6.07, 6.45) is 2.29. The van der Waals surface area contributed by atoms with Crippen molar-refractivity contribution in [3.05, 3.63) is 29.8 Å². The summed E-state index contributed by atoms with van der Waals surface area (Å²) < 4.78 is 25.2. The Hall–Kier alpha value is -1.60. The Morgan fingerprint density at radius 1 is 1.26 bits per heavy atom. The molecule has 0 atom stereocenters. The van der Waals surface area contributed by atoms with Crippen molar-refractivity contribution in [1.29, 1.82) is 0 Å². The Morgan fingerprint density at radius 3 is 2.35 bits per heavy atom. The largest absolute Gasteiger partial charge is 0.370 e. The molecule has 1 aliphatic rings. The van der Waals surface area contributed by atoms with Crippen molar-refractivity contribution in [2.45, 2.75) is 31.2 Å². The van der Waals surface area contributed by atoms with Crippen molar-refractivity contribution in [3.8, 4) is 0 Å². The van der Waals surface area contributed by atoms with Crippen molar-refractivity contribution < 1.29 is 8.42 Å². The number of nitrogens with zero attached hydrogens (tertiary/aromatic N) is 3. The second-order valence-electron chi connectivity index (χ2n) is 6.28. The number of aliphatic imine (C=N–C) groups is 1. The van der Waals surface area contributed by atoms with Gasteiger partial charge in [0.15, 0.2) is 5.96 Å². The number of hydrogen-bond acceptors (Lipinski definition) is 3. The number of benzene rings is 1. The van der Waals surface area contributed by atoms with E-state index in [2.05, 4.69) is 16.8 Å². The summed E-state index contributed by atoms with van der Waals surface area (Å²) in [4.78, 5) is 6.83. The van der Waals surface area contributed by atoms with Crippen LogP contribution in [0.3, 0.4) is 0 Å². The SMILES string of the molecule is CC1CCN(C(N)=NCc2ccc(S(=O)(=O)N(C)C)cc2)CC1. The standard InChI is InChI=1S/C16H26N4O2S/c1-13-8-10-20(11-9-13)16(17)18-12-14-4-6-15(7-5-14)23(21,22)19(2)3/h4-7,13H,8-12H2,1-3H3,(H2,17,18). The fourth-order valence-electron chi connectivity index (χ4n) is 2.49. The van der Waals surface area contributed by atoms with E-state index in [4.69, 9.17) is 5.73 Å². The molecule has 1 saturated heterocycles. The van der Waals surface area contributed by atoms with Crippen LogP contribution >= 0.6 is 0 Å². The maximum atomic E-state index is 12.0. The highest BCUT2D eigenvalue weighted by molar-refractivity contribution is 7.89. The summed E-state index contributed by atoms with van der Waals surface area (Å²) in [6, 6.07) is 6.79. The van der Waals surface area contributed by atoms with E-state index in [0.717, 1.165) is 37.4 Å². The summed E-state index contributed by atoms with van der Waals surface area (Å²) in [5.41, 5.74) is 6.99. The van der Waals surface area contributed by atoms with Crippen LogP contribution in [0.2, 0.25) is 0 Å². The van der Waals surface area contributed by atoms with E-state index in [0.29, 0.717) is 12.5 Å². The smallest absolute Gasteiger partial charge is 0.242 e. The van der Waals surface area contributed by atoms with Gasteiger partial charge in [0, 0.05) is 27.2 Å². The van der Waals surface area contributed by atoms with Crippen LogP contribution in [0.1, 0.15) is 25.3 Å². The molecule has 2 rings (SSSR count). The molecule has 1 aromatic rings. The molecular formula is C16H26N4O2S. The van der Waals surface area contributed by atoms with Crippen molar-refractivity contribution >= 4 is 16.0 Å². The third-order valence-corrected chi connectivity index (χ3v) is 6.06. The van der Waals surface area contributed by atoms with Gasteiger partial charge in [0.1, 0.15) is 0 Å². The second kappa shape index (κ2) is 7.31. The maximum Gasteiger partial charge on any atom is 0.242 e.